The van der Waals surface area contributed by atoms with Crippen LogP contribution in [0.1, 0.15) is 149 Å². The lowest BCUT2D eigenvalue weighted by molar-refractivity contribution is -0.123. The van der Waals surface area contributed by atoms with Crippen LogP contribution in [0.4, 0.5) is 0 Å². The van der Waals surface area contributed by atoms with E-state index in [4.69, 9.17) is 0 Å². The van der Waals surface area contributed by atoms with Crippen molar-refractivity contribution in [2.24, 2.45) is 0 Å². The van der Waals surface area contributed by atoms with Crippen molar-refractivity contribution in [1.82, 2.24) is 5.32 Å². The zero-order valence-electron chi connectivity index (χ0n) is 25.6. The molecule has 0 heterocycles. The zero-order valence-corrected chi connectivity index (χ0v) is 25.6. The second-order valence-corrected chi connectivity index (χ2v) is 10.8. The summed E-state index contributed by atoms with van der Waals surface area (Å²) in [6.45, 7) is 4.20. The van der Waals surface area contributed by atoms with Crippen molar-refractivity contribution in [3.63, 3.8) is 0 Å². The summed E-state index contributed by atoms with van der Waals surface area (Å²) in [5.74, 6) is -0.0883. The van der Waals surface area contributed by atoms with E-state index in [0.717, 1.165) is 38.5 Å². The first kappa shape index (κ1) is 37.4. The Labute approximate surface area is 242 Å². The highest BCUT2D eigenvalue weighted by Gasteiger charge is 2.17. The number of carbonyl (C=O) groups excluding carboxylic acids is 1. The van der Waals surface area contributed by atoms with E-state index in [-0.39, 0.29) is 12.5 Å². The molecule has 0 aromatic carbocycles. The molecule has 0 aliphatic heterocycles. The average Bonchev–Trinajstić information content (AvgIpc) is 2.94. The third-order valence-electron chi connectivity index (χ3n) is 7.01. The molecular formula is C35H63NO3. The van der Waals surface area contributed by atoms with Crippen LogP contribution in [-0.4, -0.2) is 34.9 Å². The van der Waals surface area contributed by atoms with Crippen molar-refractivity contribution >= 4 is 5.91 Å². The molecule has 4 heteroatoms. The number of aliphatic hydroxyl groups is 2. The van der Waals surface area contributed by atoms with Crippen molar-refractivity contribution in [1.29, 1.82) is 0 Å². The predicted octanol–water partition coefficient (Wildman–Crippen LogP) is 9.28. The number of allylic oxidation sites excluding steroid dienone is 7. The smallest absolute Gasteiger partial charge is 0.220 e. The third kappa shape index (κ3) is 27.7. The van der Waals surface area contributed by atoms with Gasteiger partial charge in [0.25, 0.3) is 0 Å². The van der Waals surface area contributed by atoms with Gasteiger partial charge >= 0.3 is 0 Å². The number of aliphatic hydroxyl groups excluding tert-OH is 2. The second kappa shape index (κ2) is 30.9. The van der Waals surface area contributed by atoms with Gasteiger partial charge in [-0.2, -0.15) is 0 Å². The van der Waals surface area contributed by atoms with Gasteiger partial charge in [-0.1, -0.05) is 127 Å². The summed E-state index contributed by atoms with van der Waals surface area (Å²) in [4.78, 5) is 12.2. The van der Waals surface area contributed by atoms with Crippen LogP contribution in [0.25, 0.3) is 0 Å². The van der Waals surface area contributed by atoms with E-state index in [0.29, 0.717) is 6.42 Å². The first-order valence-corrected chi connectivity index (χ1v) is 16.4. The Morgan fingerprint density at radius 3 is 1.56 bits per heavy atom. The van der Waals surface area contributed by atoms with E-state index in [2.05, 4.69) is 55.6 Å². The maximum absolute atomic E-state index is 12.2. The first-order chi connectivity index (χ1) is 19.2. The van der Waals surface area contributed by atoms with E-state index in [1.54, 1.807) is 6.08 Å². The Kier molecular flexibility index (Phi) is 29.6. The molecule has 0 aliphatic rings. The first-order valence-electron chi connectivity index (χ1n) is 16.4. The molecule has 0 aromatic rings. The SMILES string of the molecule is CCCC/C=C/CC/C=C/CC/C=C/C(O)C(CO)NC(=O)CCCCCCCCC/C=C\CCCCCC. The number of hydrogen-bond donors (Lipinski definition) is 3. The lowest BCUT2D eigenvalue weighted by Crippen LogP contribution is -2.45. The summed E-state index contributed by atoms with van der Waals surface area (Å²) in [5.41, 5.74) is 0. The van der Waals surface area contributed by atoms with Gasteiger partial charge in [-0.15, -0.1) is 0 Å². The van der Waals surface area contributed by atoms with Gasteiger partial charge in [0.1, 0.15) is 0 Å². The van der Waals surface area contributed by atoms with Gasteiger partial charge in [0.15, 0.2) is 0 Å². The van der Waals surface area contributed by atoms with Crippen LogP contribution in [0, 0.1) is 0 Å². The number of nitrogens with one attached hydrogen (secondary N) is 1. The molecule has 226 valence electrons. The molecule has 39 heavy (non-hydrogen) atoms. The van der Waals surface area contributed by atoms with Crippen molar-refractivity contribution in [3.05, 3.63) is 48.6 Å². The molecule has 0 radical (unpaired) electrons. The lowest BCUT2D eigenvalue weighted by Gasteiger charge is -2.19. The summed E-state index contributed by atoms with van der Waals surface area (Å²) in [6.07, 6.45) is 40.4. The Morgan fingerprint density at radius 2 is 1.03 bits per heavy atom. The molecule has 0 saturated carbocycles. The van der Waals surface area contributed by atoms with E-state index in [1.165, 1.54) is 89.9 Å². The van der Waals surface area contributed by atoms with E-state index in [1.807, 2.05) is 6.08 Å². The van der Waals surface area contributed by atoms with Gasteiger partial charge in [-0.25, -0.2) is 0 Å². The number of amides is 1. The number of carbonyl (C=O) groups is 1. The van der Waals surface area contributed by atoms with Gasteiger partial charge < -0.3 is 15.5 Å². The summed E-state index contributed by atoms with van der Waals surface area (Å²) >= 11 is 0. The van der Waals surface area contributed by atoms with Crippen molar-refractivity contribution in [2.45, 2.75) is 161 Å². The maximum atomic E-state index is 12.2. The largest absolute Gasteiger partial charge is 0.394 e. The molecule has 0 rings (SSSR count). The van der Waals surface area contributed by atoms with Crippen molar-refractivity contribution in [3.8, 4) is 0 Å². The molecule has 0 aromatic heterocycles. The lowest BCUT2D eigenvalue weighted by atomic mass is 10.1. The number of rotatable bonds is 28. The molecule has 3 N–H and O–H groups in total. The number of unbranched alkanes of at least 4 members (excludes halogenated alkanes) is 15. The Hall–Kier alpha value is -1.65. The molecule has 2 unspecified atom stereocenters. The standard InChI is InChI=1S/C35H63NO3/c1-3-5-7-9-11-13-15-17-18-19-21-23-25-27-29-31-35(39)36-33(32-37)34(38)30-28-26-24-22-20-16-14-12-10-8-6-4-2/h10,12-13,15,20,22,28,30,33-34,37-38H,3-9,11,14,16-19,21,23-27,29,31-32H2,1-2H3,(H,36,39)/b12-10+,15-13-,22-20+,30-28+. The summed E-state index contributed by atoms with van der Waals surface area (Å²) in [5, 5.41) is 22.7. The van der Waals surface area contributed by atoms with Crippen LogP contribution in [0.3, 0.4) is 0 Å². The van der Waals surface area contributed by atoms with Crippen LogP contribution in [-0.2, 0) is 4.79 Å². The van der Waals surface area contributed by atoms with Crippen LogP contribution >= 0.6 is 0 Å². The molecule has 2 atom stereocenters. The molecule has 4 nitrogen and oxygen atoms in total. The van der Waals surface area contributed by atoms with Crippen LogP contribution in [0.5, 0.6) is 0 Å². The Bertz CT molecular complexity index is 638. The monoisotopic (exact) mass is 545 g/mol. The highest BCUT2D eigenvalue weighted by Crippen LogP contribution is 2.11. The van der Waals surface area contributed by atoms with Gasteiger partial charge in [0.2, 0.25) is 5.91 Å². The van der Waals surface area contributed by atoms with Crippen LogP contribution in [0.15, 0.2) is 48.6 Å². The summed E-state index contributed by atoms with van der Waals surface area (Å²) < 4.78 is 0. The fourth-order valence-corrected chi connectivity index (χ4v) is 4.42. The molecule has 0 saturated heterocycles. The Balaban J connectivity index is 3.74. The minimum Gasteiger partial charge on any atom is -0.394 e. The molecule has 0 spiro atoms. The molecular weight excluding hydrogens is 482 g/mol. The highest BCUT2D eigenvalue weighted by molar-refractivity contribution is 5.76. The number of hydrogen-bond acceptors (Lipinski definition) is 3. The quantitative estimate of drug-likeness (QED) is 0.0677. The third-order valence-corrected chi connectivity index (χ3v) is 7.01. The van der Waals surface area contributed by atoms with Gasteiger partial charge in [0.05, 0.1) is 18.8 Å². The fourth-order valence-electron chi connectivity index (χ4n) is 4.42. The van der Waals surface area contributed by atoms with Crippen LogP contribution < -0.4 is 5.32 Å². The molecule has 0 fully saturated rings. The molecule has 0 aliphatic carbocycles. The summed E-state index contributed by atoms with van der Waals surface area (Å²) in [6, 6.07) is -0.644. The predicted molar refractivity (Wildman–Crippen MR) is 170 cm³/mol. The minimum absolute atomic E-state index is 0.0883. The van der Waals surface area contributed by atoms with Gasteiger partial charge in [-0.05, 0) is 64.2 Å². The van der Waals surface area contributed by atoms with Crippen molar-refractivity contribution < 1.29 is 15.0 Å². The maximum Gasteiger partial charge on any atom is 0.220 e. The van der Waals surface area contributed by atoms with Crippen LogP contribution in [0.2, 0.25) is 0 Å². The molecule has 0 bridgehead atoms. The average molecular weight is 546 g/mol. The normalized spacial score (nSPS) is 13.8. The summed E-state index contributed by atoms with van der Waals surface area (Å²) in [7, 11) is 0. The van der Waals surface area contributed by atoms with E-state index in [9.17, 15) is 15.0 Å². The second-order valence-electron chi connectivity index (χ2n) is 10.8. The highest BCUT2D eigenvalue weighted by atomic mass is 16.3. The Morgan fingerprint density at radius 1 is 0.590 bits per heavy atom. The zero-order chi connectivity index (χ0) is 28.7. The van der Waals surface area contributed by atoms with Gasteiger partial charge in [0, 0.05) is 6.42 Å². The van der Waals surface area contributed by atoms with Gasteiger partial charge in [-0.3, -0.25) is 4.79 Å². The van der Waals surface area contributed by atoms with E-state index < -0.39 is 12.1 Å². The minimum atomic E-state index is -0.868. The van der Waals surface area contributed by atoms with E-state index >= 15 is 0 Å². The molecule has 1 amide bonds. The topological polar surface area (TPSA) is 69.6 Å². The fraction of sp³-hybridized carbons (Fsp3) is 0.743. The van der Waals surface area contributed by atoms with Crippen molar-refractivity contribution in [2.75, 3.05) is 6.61 Å².